The summed E-state index contributed by atoms with van der Waals surface area (Å²) >= 11 is 3.39. The highest BCUT2D eigenvalue weighted by Crippen LogP contribution is 2.26. The van der Waals surface area contributed by atoms with Gasteiger partial charge in [0.15, 0.2) is 0 Å². The lowest BCUT2D eigenvalue weighted by atomic mass is 9.85. The molecule has 0 heterocycles. The summed E-state index contributed by atoms with van der Waals surface area (Å²) < 4.78 is 5.89. The molecule has 0 radical (unpaired) electrons. The maximum atomic E-state index is 12.4. The predicted molar refractivity (Wildman–Crippen MR) is 81.0 cm³/mol. The molecular weight excluding hydrogens is 322 g/mol. The van der Waals surface area contributed by atoms with E-state index in [-0.39, 0.29) is 24.5 Å². The smallest absolute Gasteiger partial charge is 0.252 e. The Balaban J connectivity index is 2.11. The number of aliphatic hydroxyl groups is 1. The second-order valence-corrected chi connectivity index (χ2v) is 6.01. The molecule has 0 saturated heterocycles. The minimum absolute atomic E-state index is 0.0550. The normalized spacial score (nSPS) is 22.4. The molecule has 0 aliphatic heterocycles. The zero-order chi connectivity index (χ0) is 14.5. The fraction of sp³-hybridized carbons (Fsp3) is 0.533. The minimum atomic E-state index is -0.124. The summed E-state index contributed by atoms with van der Waals surface area (Å²) in [6.07, 6.45) is 4.13. The molecule has 1 amide bonds. The van der Waals surface area contributed by atoms with E-state index >= 15 is 0 Å². The van der Waals surface area contributed by atoms with Gasteiger partial charge in [-0.3, -0.25) is 4.79 Å². The van der Waals surface area contributed by atoms with Crippen LogP contribution in [-0.2, 0) is 0 Å². The molecular formula is C15H20BrNO3. The molecule has 0 bridgehead atoms. The van der Waals surface area contributed by atoms with Crippen LogP contribution in [0.3, 0.4) is 0 Å². The third kappa shape index (κ3) is 3.52. The Hall–Kier alpha value is -1.07. The number of methoxy groups -OCH3 is 1. The zero-order valence-electron chi connectivity index (χ0n) is 11.6. The van der Waals surface area contributed by atoms with Gasteiger partial charge in [-0.05, 0) is 47.0 Å². The van der Waals surface area contributed by atoms with Crippen molar-refractivity contribution in [3.8, 4) is 5.75 Å². The van der Waals surface area contributed by atoms with E-state index in [0.29, 0.717) is 11.3 Å². The Morgan fingerprint density at radius 1 is 1.45 bits per heavy atom. The van der Waals surface area contributed by atoms with Crippen LogP contribution < -0.4 is 10.1 Å². The lowest BCUT2D eigenvalue weighted by Crippen LogP contribution is -2.43. The molecule has 1 aromatic carbocycles. The largest absolute Gasteiger partial charge is 0.497 e. The van der Waals surface area contributed by atoms with Crippen LogP contribution in [0, 0.1) is 5.92 Å². The third-order valence-electron chi connectivity index (χ3n) is 3.88. The Labute approximate surface area is 127 Å². The Kier molecular flexibility index (Phi) is 5.43. The second-order valence-electron chi connectivity index (χ2n) is 5.15. The van der Waals surface area contributed by atoms with Crippen LogP contribution in [0.1, 0.15) is 36.0 Å². The highest BCUT2D eigenvalue weighted by atomic mass is 79.9. The summed E-state index contributed by atoms with van der Waals surface area (Å²) in [4.78, 5) is 12.4. The van der Waals surface area contributed by atoms with E-state index in [1.54, 1.807) is 25.3 Å². The van der Waals surface area contributed by atoms with E-state index in [9.17, 15) is 9.90 Å². The quantitative estimate of drug-likeness (QED) is 0.885. The van der Waals surface area contributed by atoms with Gasteiger partial charge in [-0.1, -0.05) is 12.8 Å². The van der Waals surface area contributed by atoms with Crippen LogP contribution in [0.15, 0.2) is 22.7 Å². The van der Waals surface area contributed by atoms with Crippen LogP contribution in [0.2, 0.25) is 0 Å². The monoisotopic (exact) mass is 341 g/mol. The topological polar surface area (TPSA) is 58.6 Å². The van der Waals surface area contributed by atoms with Gasteiger partial charge < -0.3 is 15.2 Å². The van der Waals surface area contributed by atoms with Crippen molar-refractivity contribution in [2.45, 2.75) is 31.7 Å². The van der Waals surface area contributed by atoms with Crippen molar-refractivity contribution < 1.29 is 14.6 Å². The molecule has 1 aliphatic rings. The first-order chi connectivity index (χ1) is 9.65. The molecule has 2 rings (SSSR count). The van der Waals surface area contributed by atoms with Gasteiger partial charge in [-0.2, -0.15) is 0 Å². The maximum absolute atomic E-state index is 12.4. The number of ether oxygens (including phenoxy) is 1. The average Bonchev–Trinajstić information content (AvgIpc) is 2.48. The molecule has 1 aliphatic carbocycles. The van der Waals surface area contributed by atoms with Crippen LogP contribution in [-0.4, -0.2) is 30.8 Å². The predicted octanol–water partition coefficient (Wildman–Crippen LogP) is 2.74. The van der Waals surface area contributed by atoms with Crippen LogP contribution in [0.25, 0.3) is 0 Å². The van der Waals surface area contributed by atoms with Gasteiger partial charge in [0.2, 0.25) is 0 Å². The van der Waals surface area contributed by atoms with Gasteiger partial charge in [0.1, 0.15) is 5.75 Å². The number of carbonyl (C=O) groups is 1. The van der Waals surface area contributed by atoms with Crippen molar-refractivity contribution in [1.82, 2.24) is 5.32 Å². The summed E-state index contributed by atoms with van der Waals surface area (Å²) in [6, 6.07) is 5.38. The molecule has 2 unspecified atom stereocenters. The molecule has 0 spiro atoms. The van der Waals surface area contributed by atoms with Crippen molar-refractivity contribution >= 4 is 21.8 Å². The van der Waals surface area contributed by atoms with Crippen molar-refractivity contribution in [2.24, 2.45) is 5.92 Å². The van der Waals surface area contributed by atoms with E-state index in [2.05, 4.69) is 21.2 Å². The summed E-state index contributed by atoms with van der Waals surface area (Å²) in [5, 5.41) is 12.4. The molecule has 5 heteroatoms. The SMILES string of the molecule is COc1ccc(Br)c(C(=O)NC2CCCCC2CO)c1. The molecule has 20 heavy (non-hydrogen) atoms. The summed E-state index contributed by atoms with van der Waals surface area (Å²) in [7, 11) is 1.58. The molecule has 4 nitrogen and oxygen atoms in total. The van der Waals surface area contributed by atoms with E-state index in [1.807, 2.05) is 0 Å². The highest BCUT2D eigenvalue weighted by Gasteiger charge is 2.26. The number of hydrogen-bond acceptors (Lipinski definition) is 3. The number of halogens is 1. The standard InChI is InChI=1S/C15H20BrNO3/c1-20-11-6-7-13(16)12(8-11)15(19)17-14-5-3-2-4-10(14)9-18/h6-8,10,14,18H,2-5,9H2,1H3,(H,17,19). The summed E-state index contributed by atoms with van der Waals surface area (Å²) in [5.74, 6) is 0.693. The molecule has 2 N–H and O–H groups in total. The fourth-order valence-electron chi connectivity index (χ4n) is 2.67. The van der Waals surface area contributed by atoms with Gasteiger partial charge in [-0.25, -0.2) is 0 Å². The van der Waals surface area contributed by atoms with Gasteiger partial charge in [-0.15, -0.1) is 0 Å². The van der Waals surface area contributed by atoms with Crippen molar-refractivity contribution in [3.05, 3.63) is 28.2 Å². The number of aliphatic hydroxyl groups excluding tert-OH is 1. The van der Waals surface area contributed by atoms with Crippen molar-refractivity contribution in [1.29, 1.82) is 0 Å². The molecule has 0 aromatic heterocycles. The molecule has 110 valence electrons. The first-order valence-electron chi connectivity index (χ1n) is 6.91. The van der Waals surface area contributed by atoms with E-state index < -0.39 is 0 Å². The number of hydrogen-bond donors (Lipinski definition) is 2. The second kappa shape index (κ2) is 7.09. The first-order valence-corrected chi connectivity index (χ1v) is 7.70. The lowest BCUT2D eigenvalue weighted by Gasteiger charge is -2.31. The maximum Gasteiger partial charge on any atom is 0.252 e. The Morgan fingerprint density at radius 2 is 2.20 bits per heavy atom. The van der Waals surface area contributed by atoms with E-state index in [0.717, 1.165) is 30.2 Å². The zero-order valence-corrected chi connectivity index (χ0v) is 13.1. The van der Waals surface area contributed by atoms with Crippen LogP contribution >= 0.6 is 15.9 Å². The van der Waals surface area contributed by atoms with Crippen LogP contribution in [0.4, 0.5) is 0 Å². The third-order valence-corrected chi connectivity index (χ3v) is 4.57. The van der Waals surface area contributed by atoms with Gasteiger partial charge in [0.05, 0.1) is 12.7 Å². The van der Waals surface area contributed by atoms with Gasteiger partial charge in [0, 0.05) is 23.0 Å². The van der Waals surface area contributed by atoms with E-state index in [1.165, 1.54) is 0 Å². The van der Waals surface area contributed by atoms with Gasteiger partial charge >= 0.3 is 0 Å². The van der Waals surface area contributed by atoms with Gasteiger partial charge in [0.25, 0.3) is 5.91 Å². The highest BCUT2D eigenvalue weighted by molar-refractivity contribution is 9.10. The number of carbonyl (C=O) groups excluding carboxylic acids is 1. The number of benzene rings is 1. The first kappa shape index (κ1) is 15.3. The van der Waals surface area contributed by atoms with Crippen LogP contribution in [0.5, 0.6) is 5.75 Å². The van der Waals surface area contributed by atoms with Crippen molar-refractivity contribution in [2.75, 3.05) is 13.7 Å². The number of amides is 1. The van der Waals surface area contributed by atoms with Crippen molar-refractivity contribution in [3.63, 3.8) is 0 Å². The molecule has 1 fully saturated rings. The number of nitrogens with one attached hydrogen (secondary N) is 1. The van der Waals surface area contributed by atoms with E-state index in [4.69, 9.17) is 4.74 Å². The minimum Gasteiger partial charge on any atom is -0.497 e. The Bertz CT molecular complexity index is 478. The Morgan fingerprint density at radius 3 is 2.90 bits per heavy atom. The fourth-order valence-corrected chi connectivity index (χ4v) is 3.09. The summed E-state index contributed by atoms with van der Waals surface area (Å²) in [6.45, 7) is 0.129. The molecule has 1 aromatic rings. The average molecular weight is 342 g/mol. The molecule has 2 atom stereocenters. The number of rotatable bonds is 4. The molecule has 1 saturated carbocycles. The summed E-state index contributed by atoms with van der Waals surface area (Å²) in [5.41, 5.74) is 0.562. The lowest BCUT2D eigenvalue weighted by molar-refractivity contribution is 0.0871.